The minimum absolute atomic E-state index is 0.238. The van der Waals surface area contributed by atoms with Crippen molar-refractivity contribution in [2.24, 2.45) is 5.73 Å². The molecule has 0 radical (unpaired) electrons. The van der Waals surface area contributed by atoms with Crippen LogP contribution in [0.4, 0.5) is 4.39 Å². The Hall–Kier alpha value is -1.42. The van der Waals surface area contributed by atoms with Crippen LogP contribution in [0.1, 0.15) is 35.2 Å². The number of hydrogen-bond donors (Lipinski definition) is 2. The zero-order valence-electron chi connectivity index (χ0n) is 9.92. The smallest absolute Gasteiger partial charge is 0.251 e. The lowest BCUT2D eigenvalue weighted by Crippen LogP contribution is -2.58. The monoisotopic (exact) mass is 236 g/mol. The lowest BCUT2D eigenvalue weighted by Gasteiger charge is -2.41. The van der Waals surface area contributed by atoms with E-state index in [4.69, 9.17) is 5.73 Å². The second-order valence-electron chi connectivity index (χ2n) is 4.81. The molecule has 1 aliphatic carbocycles. The summed E-state index contributed by atoms with van der Waals surface area (Å²) in [7, 11) is 0. The van der Waals surface area contributed by atoms with Crippen molar-refractivity contribution >= 4 is 5.91 Å². The van der Waals surface area contributed by atoms with Gasteiger partial charge in [-0.2, -0.15) is 0 Å². The molecule has 17 heavy (non-hydrogen) atoms. The van der Waals surface area contributed by atoms with E-state index in [2.05, 4.69) is 5.32 Å². The fraction of sp³-hybridized carbons (Fsp3) is 0.462. The Labute approximate surface area is 100 Å². The van der Waals surface area contributed by atoms with Crippen molar-refractivity contribution in [2.45, 2.75) is 31.7 Å². The van der Waals surface area contributed by atoms with Gasteiger partial charge in [0.25, 0.3) is 5.91 Å². The Bertz CT molecular complexity index is 415. The number of rotatable bonds is 3. The molecule has 1 saturated carbocycles. The molecule has 1 aromatic carbocycles. The maximum Gasteiger partial charge on any atom is 0.251 e. The Morgan fingerprint density at radius 3 is 2.65 bits per heavy atom. The maximum atomic E-state index is 13.2. The third-order valence-corrected chi connectivity index (χ3v) is 3.38. The quantitative estimate of drug-likeness (QED) is 0.840. The van der Waals surface area contributed by atoms with Crippen molar-refractivity contribution < 1.29 is 9.18 Å². The second-order valence-corrected chi connectivity index (χ2v) is 4.81. The van der Waals surface area contributed by atoms with Gasteiger partial charge in [-0.1, -0.05) is 0 Å². The van der Waals surface area contributed by atoms with Gasteiger partial charge in [0.1, 0.15) is 5.82 Å². The molecular weight excluding hydrogens is 219 g/mol. The highest BCUT2D eigenvalue weighted by molar-refractivity contribution is 5.95. The van der Waals surface area contributed by atoms with Crippen LogP contribution in [0.5, 0.6) is 0 Å². The molecule has 3 nitrogen and oxygen atoms in total. The average molecular weight is 236 g/mol. The number of aryl methyl sites for hydroxylation is 1. The normalized spacial score (nSPS) is 17.4. The van der Waals surface area contributed by atoms with Gasteiger partial charge in [0, 0.05) is 12.1 Å². The molecule has 1 aromatic rings. The summed E-state index contributed by atoms with van der Waals surface area (Å²) in [5.41, 5.74) is 6.50. The molecule has 92 valence electrons. The fourth-order valence-electron chi connectivity index (χ4n) is 2.16. The summed E-state index contributed by atoms with van der Waals surface area (Å²) >= 11 is 0. The van der Waals surface area contributed by atoms with Crippen LogP contribution in [-0.4, -0.2) is 18.0 Å². The number of nitrogens with two attached hydrogens (primary N) is 1. The van der Waals surface area contributed by atoms with Crippen molar-refractivity contribution in [2.75, 3.05) is 6.54 Å². The zero-order chi connectivity index (χ0) is 12.5. The SMILES string of the molecule is Cc1cc(F)cc(C(=O)NC2(CN)CCC2)c1. The number of carbonyl (C=O) groups is 1. The molecule has 0 aromatic heterocycles. The summed E-state index contributed by atoms with van der Waals surface area (Å²) in [6, 6.07) is 4.34. The van der Waals surface area contributed by atoms with Crippen molar-refractivity contribution in [1.29, 1.82) is 0 Å². The highest BCUT2D eigenvalue weighted by Crippen LogP contribution is 2.30. The highest BCUT2D eigenvalue weighted by Gasteiger charge is 2.37. The third kappa shape index (κ3) is 2.47. The number of carbonyl (C=O) groups excluding carboxylic acids is 1. The number of nitrogens with one attached hydrogen (secondary N) is 1. The van der Waals surface area contributed by atoms with E-state index < -0.39 is 0 Å². The molecule has 3 N–H and O–H groups in total. The van der Waals surface area contributed by atoms with E-state index in [9.17, 15) is 9.18 Å². The van der Waals surface area contributed by atoms with Crippen LogP contribution in [0.2, 0.25) is 0 Å². The molecule has 0 atom stereocenters. The molecular formula is C13H17FN2O. The molecule has 0 saturated heterocycles. The van der Waals surface area contributed by atoms with E-state index in [-0.39, 0.29) is 17.3 Å². The van der Waals surface area contributed by atoms with Gasteiger partial charge in [-0.05, 0) is 49.9 Å². The van der Waals surface area contributed by atoms with E-state index in [0.29, 0.717) is 12.1 Å². The lowest BCUT2D eigenvalue weighted by molar-refractivity contribution is 0.0837. The van der Waals surface area contributed by atoms with Gasteiger partial charge in [-0.3, -0.25) is 4.79 Å². The number of benzene rings is 1. The van der Waals surface area contributed by atoms with Gasteiger partial charge < -0.3 is 11.1 Å². The minimum atomic E-state index is -0.384. The van der Waals surface area contributed by atoms with E-state index in [0.717, 1.165) is 24.8 Å². The highest BCUT2D eigenvalue weighted by atomic mass is 19.1. The minimum Gasteiger partial charge on any atom is -0.345 e. The van der Waals surface area contributed by atoms with Crippen LogP contribution in [0.15, 0.2) is 18.2 Å². The van der Waals surface area contributed by atoms with Crippen molar-refractivity contribution in [3.63, 3.8) is 0 Å². The Morgan fingerprint density at radius 2 is 2.18 bits per heavy atom. The van der Waals surface area contributed by atoms with Crippen LogP contribution in [-0.2, 0) is 0 Å². The summed E-state index contributed by atoms with van der Waals surface area (Å²) in [6.45, 7) is 2.20. The van der Waals surface area contributed by atoms with Gasteiger partial charge in [-0.15, -0.1) is 0 Å². The first-order valence-electron chi connectivity index (χ1n) is 5.84. The molecule has 2 rings (SSSR count). The van der Waals surface area contributed by atoms with Crippen LogP contribution in [0.3, 0.4) is 0 Å². The van der Waals surface area contributed by atoms with E-state index in [1.54, 1.807) is 13.0 Å². The van der Waals surface area contributed by atoms with E-state index in [1.165, 1.54) is 12.1 Å². The summed E-state index contributed by atoms with van der Waals surface area (Å²) in [4.78, 5) is 12.0. The first-order valence-corrected chi connectivity index (χ1v) is 5.84. The molecule has 0 heterocycles. The van der Waals surface area contributed by atoms with Gasteiger partial charge >= 0.3 is 0 Å². The van der Waals surface area contributed by atoms with Crippen molar-refractivity contribution in [3.05, 3.63) is 35.1 Å². The largest absolute Gasteiger partial charge is 0.345 e. The number of hydrogen-bond acceptors (Lipinski definition) is 2. The van der Waals surface area contributed by atoms with Crippen LogP contribution >= 0.6 is 0 Å². The summed E-state index contributed by atoms with van der Waals surface area (Å²) in [6.07, 6.45) is 2.90. The van der Waals surface area contributed by atoms with Gasteiger partial charge in [-0.25, -0.2) is 4.39 Å². The lowest BCUT2D eigenvalue weighted by atomic mass is 9.76. The van der Waals surface area contributed by atoms with Gasteiger partial charge in [0.2, 0.25) is 0 Å². The molecule has 1 fully saturated rings. The predicted octanol–water partition coefficient (Wildman–Crippen LogP) is 1.75. The zero-order valence-corrected chi connectivity index (χ0v) is 9.92. The second kappa shape index (κ2) is 4.45. The molecule has 0 aliphatic heterocycles. The molecule has 1 amide bonds. The maximum absolute atomic E-state index is 13.2. The first-order chi connectivity index (χ1) is 8.04. The summed E-state index contributed by atoms with van der Waals surface area (Å²) in [5.74, 6) is -0.622. The standard InChI is InChI=1S/C13H17FN2O/c1-9-5-10(7-11(14)6-9)12(17)16-13(8-15)3-2-4-13/h5-7H,2-4,8,15H2,1H3,(H,16,17). The molecule has 0 unspecified atom stereocenters. The van der Waals surface area contributed by atoms with Crippen LogP contribution in [0.25, 0.3) is 0 Å². The summed E-state index contributed by atoms with van der Waals surface area (Å²) < 4.78 is 13.2. The first kappa shape index (κ1) is 12.0. The summed E-state index contributed by atoms with van der Waals surface area (Å²) in [5, 5.41) is 2.92. The number of halogens is 1. The van der Waals surface area contributed by atoms with Crippen molar-refractivity contribution in [3.8, 4) is 0 Å². The molecule has 1 aliphatic rings. The van der Waals surface area contributed by atoms with E-state index in [1.807, 2.05) is 0 Å². The third-order valence-electron chi connectivity index (χ3n) is 3.38. The molecule has 4 heteroatoms. The molecule has 0 spiro atoms. The number of amides is 1. The Kier molecular flexibility index (Phi) is 3.15. The Morgan fingerprint density at radius 1 is 1.47 bits per heavy atom. The molecule has 0 bridgehead atoms. The van der Waals surface area contributed by atoms with Crippen LogP contribution in [0, 0.1) is 12.7 Å². The topological polar surface area (TPSA) is 55.1 Å². The van der Waals surface area contributed by atoms with Gasteiger partial charge in [0.15, 0.2) is 0 Å². The fourth-order valence-corrected chi connectivity index (χ4v) is 2.16. The average Bonchev–Trinajstić information content (AvgIpc) is 2.21. The Balaban J connectivity index is 2.14. The predicted molar refractivity (Wildman–Crippen MR) is 64.2 cm³/mol. The van der Waals surface area contributed by atoms with Crippen molar-refractivity contribution in [1.82, 2.24) is 5.32 Å². The van der Waals surface area contributed by atoms with Gasteiger partial charge in [0.05, 0.1) is 5.54 Å². The van der Waals surface area contributed by atoms with Crippen LogP contribution < -0.4 is 11.1 Å². The van der Waals surface area contributed by atoms with E-state index >= 15 is 0 Å².